The number of carbonyl (C=O) groups is 2. The average molecular weight is 447 g/mol. The smallest absolute Gasteiger partial charge is 0.190 e. The van der Waals surface area contributed by atoms with E-state index in [0.717, 1.165) is 19.3 Å². The molecule has 3 unspecified atom stereocenters. The van der Waals surface area contributed by atoms with Crippen molar-refractivity contribution in [3.05, 3.63) is 11.1 Å². The summed E-state index contributed by atoms with van der Waals surface area (Å²) >= 11 is 0. The van der Waals surface area contributed by atoms with Crippen LogP contribution in [0.1, 0.15) is 92.4 Å². The summed E-state index contributed by atoms with van der Waals surface area (Å²) in [5.41, 5.74) is -2.07. The van der Waals surface area contributed by atoms with Crippen LogP contribution < -0.4 is 0 Å². The van der Waals surface area contributed by atoms with Gasteiger partial charge in [-0.15, -0.1) is 0 Å². The van der Waals surface area contributed by atoms with Gasteiger partial charge in [-0.3, -0.25) is 9.59 Å². The number of fused-ring (bicyclic) bond motifs is 4. The van der Waals surface area contributed by atoms with E-state index in [0.29, 0.717) is 48.2 Å². The van der Waals surface area contributed by atoms with Crippen molar-refractivity contribution in [2.75, 3.05) is 0 Å². The van der Waals surface area contributed by atoms with Gasteiger partial charge in [-0.05, 0) is 54.8 Å². The summed E-state index contributed by atoms with van der Waals surface area (Å²) in [5.74, 6) is 1.00. The van der Waals surface area contributed by atoms with Crippen molar-refractivity contribution in [2.24, 2.45) is 34.5 Å². The van der Waals surface area contributed by atoms with E-state index in [2.05, 4.69) is 27.7 Å². The molecule has 0 amide bonds. The zero-order chi connectivity index (χ0) is 23.6. The average Bonchev–Trinajstić information content (AvgIpc) is 3.04. The van der Waals surface area contributed by atoms with Crippen molar-refractivity contribution >= 4 is 11.6 Å². The second kappa shape index (κ2) is 8.02. The third-order valence-electron chi connectivity index (χ3n) is 9.97. The SMILES string of the molecule is CC(C)CCCC(C)C1CCC2C3=C(C(=O)C[C@@]21C)[C@@]1(C)CC[C@H](O)C[C@]1(O)[C@H](O)C3=O. The Labute approximate surface area is 192 Å². The highest BCUT2D eigenvalue weighted by atomic mass is 16.4. The summed E-state index contributed by atoms with van der Waals surface area (Å²) in [6, 6.07) is 0. The third-order valence-corrected chi connectivity index (χ3v) is 9.97. The van der Waals surface area contributed by atoms with Gasteiger partial charge >= 0.3 is 0 Å². The highest BCUT2D eigenvalue weighted by molar-refractivity contribution is 6.13. The Kier molecular flexibility index (Phi) is 6.04. The molecule has 0 aromatic carbocycles. The van der Waals surface area contributed by atoms with Gasteiger partial charge < -0.3 is 15.3 Å². The molecule has 0 aliphatic heterocycles. The van der Waals surface area contributed by atoms with Gasteiger partial charge in [0.05, 0.1) is 6.10 Å². The first-order valence-corrected chi connectivity index (χ1v) is 12.8. The van der Waals surface area contributed by atoms with Crippen molar-refractivity contribution in [2.45, 2.75) is 110 Å². The predicted molar refractivity (Wildman–Crippen MR) is 123 cm³/mol. The van der Waals surface area contributed by atoms with Crippen LogP contribution in [0.3, 0.4) is 0 Å². The van der Waals surface area contributed by atoms with E-state index in [-0.39, 0.29) is 23.5 Å². The maximum atomic E-state index is 13.7. The van der Waals surface area contributed by atoms with Gasteiger partial charge in [0, 0.05) is 29.4 Å². The molecule has 5 nitrogen and oxygen atoms in total. The molecule has 4 aliphatic carbocycles. The van der Waals surface area contributed by atoms with Crippen LogP contribution in [0.5, 0.6) is 0 Å². The maximum Gasteiger partial charge on any atom is 0.190 e. The van der Waals surface area contributed by atoms with E-state index in [9.17, 15) is 24.9 Å². The van der Waals surface area contributed by atoms with E-state index in [1.807, 2.05) is 6.92 Å². The second-order valence-corrected chi connectivity index (χ2v) is 12.4. The molecule has 4 rings (SSSR count). The lowest BCUT2D eigenvalue weighted by atomic mass is 9.47. The number of hydrogen-bond donors (Lipinski definition) is 3. The van der Waals surface area contributed by atoms with Crippen molar-refractivity contribution in [1.82, 2.24) is 0 Å². The zero-order valence-electron chi connectivity index (χ0n) is 20.5. The Hall–Kier alpha value is -1.04. The van der Waals surface area contributed by atoms with E-state index < -0.39 is 29.0 Å². The van der Waals surface area contributed by atoms with Crippen LogP contribution in [0.4, 0.5) is 0 Å². The van der Waals surface area contributed by atoms with Crippen LogP contribution in [0.25, 0.3) is 0 Å². The summed E-state index contributed by atoms with van der Waals surface area (Å²) in [4.78, 5) is 27.2. The van der Waals surface area contributed by atoms with Gasteiger partial charge in [-0.2, -0.15) is 0 Å². The molecule has 0 bridgehead atoms. The number of aliphatic hydroxyl groups excluding tert-OH is 2. The van der Waals surface area contributed by atoms with Crippen molar-refractivity contribution < 1.29 is 24.9 Å². The summed E-state index contributed by atoms with van der Waals surface area (Å²) in [6.07, 6.45) is 4.22. The van der Waals surface area contributed by atoms with Crippen LogP contribution in [0.2, 0.25) is 0 Å². The monoisotopic (exact) mass is 446 g/mol. The molecular weight excluding hydrogens is 404 g/mol. The number of ketones is 2. The number of Topliss-reactive ketones (excluding diaryl/α,β-unsaturated/α-hetero) is 2. The quantitative estimate of drug-likeness (QED) is 0.594. The molecule has 0 aromatic heterocycles. The fourth-order valence-electron chi connectivity index (χ4n) is 8.11. The minimum Gasteiger partial charge on any atom is -0.393 e. The molecule has 0 aromatic rings. The summed E-state index contributed by atoms with van der Waals surface area (Å²) in [6.45, 7) is 10.8. The van der Waals surface area contributed by atoms with E-state index in [4.69, 9.17) is 0 Å². The normalized spacial score (nSPS) is 45.0. The minimum atomic E-state index is -1.79. The Balaban J connectivity index is 1.71. The highest BCUT2D eigenvalue weighted by Gasteiger charge is 2.68. The summed E-state index contributed by atoms with van der Waals surface area (Å²) in [5, 5.41) is 32.7. The molecule has 5 heteroatoms. The van der Waals surface area contributed by atoms with Gasteiger partial charge in [0.15, 0.2) is 11.6 Å². The first kappa shape index (κ1) is 24.1. The van der Waals surface area contributed by atoms with Crippen LogP contribution in [-0.2, 0) is 9.59 Å². The molecule has 0 saturated heterocycles. The Morgan fingerprint density at radius 3 is 2.38 bits per heavy atom. The molecule has 0 radical (unpaired) electrons. The van der Waals surface area contributed by atoms with Gasteiger partial charge in [-0.1, -0.05) is 53.9 Å². The standard InChI is InChI=1S/C27H42O5/c1-15(2)7-6-8-16(3)18-9-10-19-21-22(20(29)14-25(18,19)4)26(5)12-11-17(28)13-27(26,32)24(31)23(21)30/h15-19,24,28,31-32H,6-14H2,1-5H3/t16?,17-,18?,19?,24+,25+,26+,27-/m0/s1. The molecule has 0 heterocycles. The zero-order valence-corrected chi connectivity index (χ0v) is 20.5. The first-order chi connectivity index (χ1) is 14.9. The predicted octanol–water partition coefficient (Wildman–Crippen LogP) is 3.98. The maximum absolute atomic E-state index is 13.7. The first-order valence-electron chi connectivity index (χ1n) is 12.8. The molecule has 3 N–H and O–H groups in total. The van der Waals surface area contributed by atoms with Gasteiger partial charge in [-0.25, -0.2) is 0 Å². The molecule has 8 atom stereocenters. The van der Waals surface area contributed by atoms with Crippen LogP contribution in [0.15, 0.2) is 11.1 Å². The molecule has 180 valence electrons. The van der Waals surface area contributed by atoms with Crippen molar-refractivity contribution in [3.63, 3.8) is 0 Å². The fraction of sp³-hybridized carbons (Fsp3) is 0.852. The Morgan fingerprint density at radius 1 is 1.03 bits per heavy atom. The van der Waals surface area contributed by atoms with E-state index >= 15 is 0 Å². The van der Waals surface area contributed by atoms with Crippen LogP contribution in [0, 0.1) is 34.5 Å². The number of carbonyl (C=O) groups excluding carboxylic acids is 2. The molecule has 2 saturated carbocycles. The van der Waals surface area contributed by atoms with E-state index in [1.165, 1.54) is 12.8 Å². The van der Waals surface area contributed by atoms with Gasteiger partial charge in [0.25, 0.3) is 0 Å². The van der Waals surface area contributed by atoms with E-state index in [1.54, 1.807) is 0 Å². The number of rotatable bonds is 5. The van der Waals surface area contributed by atoms with Crippen LogP contribution in [-0.4, -0.2) is 44.7 Å². The van der Waals surface area contributed by atoms with Gasteiger partial charge in [0.2, 0.25) is 0 Å². The summed E-state index contributed by atoms with van der Waals surface area (Å²) < 4.78 is 0. The third kappa shape index (κ3) is 3.29. The number of hydrogen-bond acceptors (Lipinski definition) is 5. The number of aliphatic hydroxyl groups is 3. The lowest BCUT2D eigenvalue weighted by Gasteiger charge is -2.58. The highest BCUT2D eigenvalue weighted by Crippen LogP contribution is 2.65. The molecule has 32 heavy (non-hydrogen) atoms. The minimum absolute atomic E-state index is 0.0300. The Bertz CT molecular complexity index is 830. The molecule has 2 fully saturated rings. The van der Waals surface area contributed by atoms with Gasteiger partial charge in [0.1, 0.15) is 11.7 Å². The lowest BCUT2D eigenvalue weighted by molar-refractivity contribution is -0.194. The fourth-order valence-corrected chi connectivity index (χ4v) is 8.11. The molecule has 0 spiro atoms. The molecular formula is C27H42O5. The molecule has 4 aliphatic rings. The summed E-state index contributed by atoms with van der Waals surface area (Å²) in [7, 11) is 0. The van der Waals surface area contributed by atoms with Crippen molar-refractivity contribution in [1.29, 1.82) is 0 Å². The van der Waals surface area contributed by atoms with Crippen LogP contribution >= 0.6 is 0 Å². The largest absolute Gasteiger partial charge is 0.393 e. The Morgan fingerprint density at radius 2 is 1.72 bits per heavy atom. The second-order valence-electron chi connectivity index (χ2n) is 12.4. The topological polar surface area (TPSA) is 94.8 Å². The lowest BCUT2D eigenvalue weighted by Crippen LogP contribution is -2.67. The van der Waals surface area contributed by atoms with Crippen molar-refractivity contribution in [3.8, 4) is 0 Å².